The molecule has 0 radical (unpaired) electrons. The van der Waals surface area contributed by atoms with E-state index in [0.29, 0.717) is 0 Å². The zero-order valence-corrected chi connectivity index (χ0v) is 9.90. The Hall–Kier alpha value is -2.02. The summed E-state index contributed by atoms with van der Waals surface area (Å²) in [6.07, 6.45) is -3.29. The fraction of sp³-hybridized carbons (Fsp3) is 0.0909. The number of alkyl halides is 3. The van der Waals surface area contributed by atoms with Crippen LogP contribution in [0.25, 0.3) is 5.69 Å². The smallest absolute Gasteiger partial charge is 0.416 e. The number of benzene rings is 1. The zero-order valence-electron chi connectivity index (χ0n) is 9.15. The molecule has 0 aliphatic carbocycles. The normalized spacial score (nSPS) is 11.6. The first kappa shape index (κ1) is 13.4. The average Bonchev–Trinajstić information content (AvgIpc) is 2.76. The molecule has 1 aromatic carbocycles. The Morgan fingerprint density at radius 3 is 2.53 bits per heavy atom. The van der Waals surface area contributed by atoms with E-state index in [-0.39, 0.29) is 16.4 Å². The van der Waals surface area contributed by atoms with Gasteiger partial charge in [0.15, 0.2) is 5.69 Å². The molecule has 8 heteroatoms. The maximum atomic E-state index is 12.6. The van der Waals surface area contributed by atoms with Crippen molar-refractivity contribution in [2.45, 2.75) is 6.18 Å². The van der Waals surface area contributed by atoms with Gasteiger partial charge < -0.3 is 5.11 Å². The molecule has 2 rings (SSSR count). The van der Waals surface area contributed by atoms with Gasteiger partial charge in [-0.2, -0.15) is 18.3 Å². The van der Waals surface area contributed by atoms with Crippen LogP contribution in [-0.4, -0.2) is 20.9 Å². The zero-order chi connectivity index (χ0) is 14.2. The maximum Gasteiger partial charge on any atom is 0.416 e. The summed E-state index contributed by atoms with van der Waals surface area (Å²) in [6.45, 7) is 0. The van der Waals surface area contributed by atoms with Gasteiger partial charge in [0.2, 0.25) is 0 Å². The fourth-order valence-electron chi connectivity index (χ4n) is 1.45. The van der Waals surface area contributed by atoms with Crippen molar-refractivity contribution in [1.82, 2.24) is 9.78 Å². The quantitative estimate of drug-likeness (QED) is 0.924. The van der Waals surface area contributed by atoms with Crippen LogP contribution in [-0.2, 0) is 6.18 Å². The Labute approximate surface area is 110 Å². The first-order chi connectivity index (χ1) is 8.77. The second-order valence-corrected chi connectivity index (χ2v) is 4.08. The van der Waals surface area contributed by atoms with E-state index in [9.17, 15) is 18.0 Å². The second kappa shape index (κ2) is 4.58. The largest absolute Gasteiger partial charge is 0.476 e. The highest BCUT2D eigenvalue weighted by Gasteiger charge is 2.31. The monoisotopic (exact) mass is 290 g/mol. The van der Waals surface area contributed by atoms with Crippen LogP contribution < -0.4 is 0 Å². The van der Waals surface area contributed by atoms with Crippen LogP contribution in [0.3, 0.4) is 0 Å². The van der Waals surface area contributed by atoms with Gasteiger partial charge in [0.1, 0.15) is 0 Å². The molecule has 0 unspecified atom stereocenters. The van der Waals surface area contributed by atoms with Crippen molar-refractivity contribution in [1.29, 1.82) is 0 Å². The first-order valence-corrected chi connectivity index (χ1v) is 5.32. The van der Waals surface area contributed by atoms with E-state index in [4.69, 9.17) is 16.7 Å². The van der Waals surface area contributed by atoms with Crippen molar-refractivity contribution in [3.8, 4) is 5.69 Å². The van der Waals surface area contributed by atoms with E-state index in [1.54, 1.807) is 0 Å². The minimum Gasteiger partial charge on any atom is -0.476 e. The number of rotatable bonds is 2. The molecular formula is C11H6ClF3N2O2. The van der Waals surface area contributed by atoms with Gasteiger partial charge in [0, 0.05) is 11.2 Å². The molecule has 0 amide bonds. The number of carboxylic acid groups (broad SMARTS) is 1. The van der Waals surface area contributed by atoms with E-state index >= 15 is 0 Å². The van der Waals surface area contributed by atoms with Crippen LogP contribution in [0.5, 0.6) is 0 Å². The Bertz CT molecular complexity index is 637. The highest BCUT2D eigenvalue weighted by Crippen LogP contribution is 2.32. The van der Waals surface area contributed by atoms with Crippen molar-refractivity contribution in [2.75, 3.05) is 0 Å². The van der Waals surface area contributed by atoms with Crippen molar-refractivity contribution in [2.24, 2.45) is 0 Å². The molecule has 0 aliphatic rings. The van der Waals surface area contributed by atoms with Crippen LogP contribution in [0.1, 0.15) is 16.1 Å². The average molecular weight is 291 g/mol. The van der Waals surface area contributed by atoms with E-state index in [2.05, 4.69) is 5.10 Å². The Morgan fingerprint density at radius 1 is 1.32 bits per heavy atom. The van der Waals surface area contributed by atoms with Crippen molar-refractivity contribution >= 4 is 17.6 Å². The SMILES string of the molecule is O=C(O)c1ccn(-c2cc(Cl)cc(C(F)(F)F)c2)n1. The highest BCUT2D eigenvalue weighted by atomic mass is 35.5. The van der Waals surface area contributed by atoms with Crippen molar-refractivity contribution < 1.29 is 23.1 Å². The number of nitrogens with zero attached hydrogens (tertiary/aromatic N) is 2. The number of hydrogen-bond acceptors (Lipinski definition) is 2. The van der Waals surface area contributed by atoms with E-state index < -0.39 is 17.7 Å². The number of halogens is 4. The second-order valence-electron chi connectivity index (χ2n) is 3.65. The van der Waals surface area contributed by atoms with Gasteiger partial charge in [-0.15, -0.1) is 0 Å². The van der Waals surface area contributed by atoms with Gasteiger partial charge in [-0.3, -0.25) is 0 Å². The summed E-state index contributed by atoms with van der Waals surface area (Å²) in [5, 5.41) is 12.2. The molecule has 1 N–H and O–H groups in total. The van der Waals surface area contributed by atoms with E-state index in [1.807, 2.05) is 0 Å². The number of hydrogen-bond donors (Lipinski definition) is 1. The fourth-order valence-corrected chi connectivity index (χ4v) is 1.68. The van der Waals surface area contributed by atoms with Crippen LogP contribution in [0.2, 0.25) is 5.02 Å². The third kappa shape index (κ3) is 2.87. The topological polar surface area (TPSA) is 55.1 Å². The molecule has 2 aromatic rings. The highest BCUT2D eigenvalue weighted by molar-refractivity contribution is 6.30. The summed E-state index contributed by atoms with van der Waals surface area (Å²) >= 11 is 5.62. The molecule has 19 heavy (non-hydrogen) atoms. The summed E-state index contributed by atoms with van der Waals surface area (Å²) in [7, 11) is 0. The van der Waals surface area contributed by atoms with E-state index in [1.165, 1.54) is 18.3 Å². The van der Waals surface area contributed by atoms with Crippen LogP contribution in [0.4, 0.5) is 13.2 Å². The molecule has 100 valence electrons. The van der Waals surface area contributed by atoms with Gasteiger partial charge in [-0.25, -0.2) is 9.48 Å². The summed E-state index contributed by atoms with van der Waals surface area (Å²) in [6, 6.07) is 4.06. The first-order valence-electron chi connectivity index (χ1n) is 4.94. The summed E-state index contributed by atoms with van der Waals surface area (Å²) in [5.74, 6) is -1.27. The van der Waals surface area contributed by atoms with Crippen LogP contribution in [0, 0.1) is 0 Å². The molecule has 0 saturated heterocycles. The summed E-state index contributed by atoms with van der Waals surface area (Å²) < 4.78 is 38.9. The lowest BCUT2D eigenvalue weighted by atomic mass is 10.2. The lowest BCUT2D eigenvalue weighted by molar-refractivity contribution is -0.137. The van der Waals surface area contributed by atoms with Gasteiger partial charge in [-0.1, -0.05) is 11.6 Å². The minimum absolute atomic E-state index is 0.0346. The molecular weight excluding hydrogens is 285 g/mol. The lowest BCUT2D eigenvalue weighted by Crippen LogP contribution is -2.07. The molecule has 1 heterocycles. The van der Waals surface area contributed by atoms with Crippen LogP contribution >= 0.6 is 11.6 Å². The molecule has 1 aromatic heterocycles. The van der Waals surface area contributed by atoms with Gasteiger partial charge in [0.25, 0.3) is 0 Å². The Morgan fingerprint density at radius 2 is 2.00 bits per heavy atom. The standard InChI is InChI=1S/C11H6ClF3N2O2/c12-7-3-6(11(13,14)15)4-8(5-7)17-2-1-9(16-17)10(18)19/h1-5H,(H,18,19). The Kier molecular flexibility index (Phi) is 3.23. The molecule has 0 aliphatic heterocycles. The molecule has 0 spiro atoms. The van der Waals surface area contributed by atoms with Gasteiger partial charge >= 0.3 is 12.1 Å². The van der Waals surface area contributed by atoms with Crippen molar-refractivity contribution in [3.05, 3.63) is 46.7 Å². The predicted molar refractivity (Wildman–Crippen MR) is 60.5 cm³/mol. The molecule has 0 atom stereocenters. The van der Waals surface area contributed by atoms with Gasteiger partial charge in [0.05, 0.1) is 11.3 Å². The lowest BCUT2D eigenvalue weighted by Gasteiger charge is -2.09. The Balaban J connectivity index is 2.50. The van der Waals surface area contributed by atoms with E-state index in [0.717, 1.165) is 16.8 Å². The van der Waals surface area contributed by atoms with Gasteiger partial charge in [-0.05, 0) is 24.3 Å². The number of aromatic nitrogens is 2. The summed E-state index contributed by atoms with van der Waals surface area (Å²) in [5.41, 5.74) is -1.16. The van der Waals surface area contributed by atoms with Crippen molar-refractivity contribution in [3.63, 3.8) is 0 Å². The predicted octanol–water partition coefficient (Wildman–Crippen LogP) is 3.24. The molecule has 0 bridgehead atoms. The van der Waals surface area contributed by atoms with Crippen LogP contribution in [0.15, 0.2) is 30.5 Å². The number of carbonyl (C=O) groups is 1. The summed E-state index contributed by atoms with van der Waals surface area (Å²) in [4.78, 5) is 10.7. The molecule has 0 saturated carbocycles. The number of carboxylic acids is 1. The third-order valence-electron chi connectivity index (χ3n) is 2.28. The third-order valence-corrected chi connectivity index (χ3v) is 2.50. The minimum atomic E-state index is -4.54. The maximum absolute atomic E-state index is 12.6. The molecule has 4 nitrogen and oxygen atoms in total. The molecule has 0 fully saturated rings. The number of aromatic carboxylic acids is 1.